The number of aliphatic hydroxyl groups excluding tert-OH is 1. The molecular weight excluding hydrogens is 476 g/mol. The lowest BCUT2D eigenvalue weighted by Crippen LogP contribution is -2.56. The fourth-order valence-corrected chi connectivity index (χ4v) is 4.99. The molecule has 2 N–H and O–H groups in total. The highest BCUT2D eigenvalue weighted by atomic mass is 19.2. The molecule has 0 saturated carbocycles. The van der Waals surface area contributed by atoms with Crippen molar-refractivity contribution in [3.05, 3.63) is 76.9 Å². The third kappa shape index (κ3) is 6.14. The second-order valence-electron chi connectivity index (χ2n) is 9.70. The number of rotatable bonds is 6. The predicted octanol–water partition coefficient (Wildman–Crippen LogP) is 3.85. The highest BCUT2D eigenvalue weighted by molar-refractivity contribution is 5.91. The quantitative estimate of drug-likeness (QED) is 0.355. The van der Waals surface area contributed by atoms with E-state index in [0.717, 1.165) is 49.7 Å². The highest BCUT2D eigenvalue weighted by Crippen LogP contribution is 2.31. The maximum Gasteiger partial charge on any atom is 0.246 e. The van der Waals surface area contributed by atoms with Crippen LogP contribution in [0.3, 0.4) is 0 Å². The van der Waals surface area contributed by atoms with Crippen molar-refractivity contribution < 1.29 is 32.6 Å². The van der Waals surface area contributed by atoms with Crippen LogP contribution in [-0.2, 0) is 4.79 Å². The summed E-state index contributed by atoms with van der Waals surface area (Å²) in [6.07, 6.45) is 3.54. The SMILES string of the molecule is O=C(C=Cc1cc(F)c(F)c(F)c1)N1CCC(O)(C(O)CN2CCC(c3ccc(F)cc3)CC2)CC1. The second-order valence-corrected chi connectivity index (χ2v) is 9.70. The number of β-amino-alcohol motifs (C(OH)–C–C–N with tert-alkyl or cyclic N) is 1. The van der Waals surface area contributed by atoms with E-state index in [1.54, 1.807) is 0 Å². The zero-order valence-corrected chi connectivity index (χ0v) is 19.8. The summed E-state index contributed by atoms with van der Waals surface area (Å²) in [5.74, 6) is -4.55. The Balaban J connectivity index is 1.25. The minimum atomic E-state index is -1.57. The van der Waals surface area contributed by atoms with Crippen LogP contribution in [0.25, 0.3) is 6.08 Å². The van der Waals surface area contributed by atoms with Gasteiger partial charge >= 0.3 is 0 Å². The van der Waals surface area contributed by atoms with Crippen molar-refractivity contribution >= 4 is 12.0 Å². The van der Waals surface area contributed by atoms with E-state index in [-0.39, 0.29) is 37.3 Å². The van der Waals surface area contributed by atoms with Crippen molar-refractivity contribution in [3.8, 4) is 0 Å². The maximum absolute atomic E-state index is 13.3. The molecule has 2 aliphatic heterocycles. The van der Waals surface area contributed by atoms with Gasteiger partial charge in [0, 0.05) is 25.7 Å². The number of carbonyl (C=O) groups excluding carboxylic acids is 1. The minimum absolute atomic E-state index is 0.0203. The zero-order chi connectivity index (χ0) is 25.9. The highest BCUT2D eigenvalue weighted by Gasteiger charge is 2.40. The van der Waals surface area contributed by atoms with Crippen molar-refractivity contribution in [2.45, 2.75) is 43.3 Å². The van der Waals surface area contributed by atoms with E-state index in [9.17, 15) is 32.6 Å². The number of benzene rings is 2. The molecule has 1 atom stereocenters. The lowest BCUT2D eigenvalue weighted by atomic mass is 9.84. The van der Waals surface area contributed by atoms with E-state index in [1.165, 1.54) is 23.1 Å². The number of piperidine rings is 2. The Kier molecular flexibility index (Phi) is 8.12. The first-order valence-corrected chi connectivity index (χ1v) is 12.1. The van der Waals surface area contributed by atoms with E-state index < -0.39 is 35.1 Å². The van der Waals surface area contributed by atoms with Gasteiger partial charge in [-0.05, 0) is 86.2 Å². The van der Waals surface area contributed by atoms with E-state index >= 15 is 0 Å². The van der Waals surface area contributed by atoms with Crippen LogP contribution in [0.5, 0.6) is 0 Å². The Morgan fingerprint density at radius 3 is 2.17 bits per heavy atom. The predicted molar refractivity (Wildman–Crippen MR) is 127 cm³/mol. The van der Waals surface area contributed by atoms with Crippen LogP contribution >= 0.6 is 0 Å². The first-order valence-electron chi connectivity index (χ1n) is 12.1. The summed E-state index contributed by atoms with van der Waals surface area (Å²) in [6, 6.07) is 8.17. The summed E-state index contributed by atoms with van der Waals surface area (Å²) in [6.45, 7) is 2.28. The van der Waals surface area contributed by atoms with Gasteiger partial charge in [0.1, 0.15) is 5.82 Å². The molecule has 1 amide bonds. The zero-order valence-electron chi connectivity index (χ0n) is 19.8. The van der Waals surface area contributed by atoms with E-state index in [2.05, 4.69) is 4.90 Å². The van der Waals surface area contributed by atoms with E-state index in [1.807, 2.05) is 12.1 Å². The standard InChI is InChI=1S/C27H30F4N2O3/c28-21-4-2-19(3-5-21)20-7-11-32(12-8-20)17-24(34)27(36)9-13-33(14-10-27)25(35)6-1-18-15-22(29)26(31)23(30)16-18/h1-6,15-16,20,24,34,36H,7-14,17H2. The van der Waals surface area contributed by atoms with E-state index in [0.29, 0.717) is 12.5 Å². The Bertz CT molecular complexity index is 1070. The fourth-order valence-electron chi connectivity index (χ4n) is 4.99. The average Bonchev–Trinajstić information content (AvgIpc) is 2.87. The van der Waals surface area contributed by atoms with E-state index in [4.69, 9.17) is 0 Å². The van der Waals surface area contributed by atoms with Gasteiger partial charge in [0.05, 0.1) is 11.7 Å². The topological polar surface area (TPSA) is 64.0 Å². The van der Waals surface area contributed by atoms with Crippen molar-refractivity contribution in [3.63, 3.8) is 0 Å². The Hall–Kier alpha value is -2.75. The van der Waals surface area contributed by atoms with Crippen LogP contribution < -0.4 is 0 Å². The van der Waals surface area contributed by atoms with Gasteiger partial charge in [0.15, 0.2) is 17.5 Å². The van der Waals surface area contributed by atoms with Gasteiger partial charge in [0.25, 0.3) is 0 Å². The Morgan fingerprint density at radius 1 is 1.00 bits per heavy atom. The molecule has 36 heavy (non-hydrogen) atoms. The number of halogens is 4. The smallest absolute Gasteiger partial charge is 0.246 e. The molecule has 2 fully saturated rings. The molecule has 194 valence electrons. The van der Waals surface area contributed by atoms with Crippen molar-refractivity contribution in [1.82, 2.24) is 9.80 Å². The molecule has 0 aliphatic carbocycles. The summed E-state index contributed by atoms with van der Waals surface area (Å²) < 4.78 is 52.9. The summed E-state index contributed by atoms with van der Waals surface area (Å²) >= 11 is 0. The Labute approximate surface area is 207 Å². The number of nitrogens with zero attached hydrogens (tertiary/aromatic N) is 2. The Morgan fingerprint density at radius 2 is 1.58 bits per heavy atom. The van der Waals surface area contributed by atoms with Crippen LogP contribution in [0.1, 0.15) is 42.7 Å². The summed E-state index contributed by atoms with van der Waals surface area (Å²) in [4.78, 5) is 16.1. The molecule has 2 heterocycles. The molecule has 1 unspecified atom stereocenters. The van der Waals surface area contributed by atoms with Gasteiger partial charge in [-0.15, -0.1) is 0 Å². The molecule has 0 radical (unpaired) electrons. The number of amides is 1. The van der Waals surface area contributed by atoms with Crippen LogP contribution in [0.4, 0.5) is 17.6 Å². The van der Waals surface area contributed by atoms with Crippen molar-refractivity contribution in [1.29, 1.82) is 0 Å². The normalized spacial score (nSPS) is 20.1. The monoisotopic (exact) mass is 506 g/mol. The van der Waals surface area contributed by atoms with Gasteiger partial charge in [-0.2, -0.15) is 0 Å². The summed E-state index contributed by atoms with van der Waals surface area (Å²) in [5, 5.41) is 21.8. The maximum atomic E-state index is 13.3. The van der Waals surface area contributed by atoms with Gasteiger partial charge in [-0.1, -0.05) is 12.1 Å². The molecule has 5 nitrogen and oxygen atoms in total. The first-order chi connectivity index (χ1) is 17.1. The molecule has 0 spiro atoms. The molecule has 2 aromatic carbocycles. The van der Waals surface area contributed by atoms with Crippen LogP contribution in [0.2, 0.25) is 0 Å². The second kappa shape index (κ2) is 11.1. The average molecular weight is 507 g/mol. The van der Waals surface area contributed by atoms with Gasteiger partial charge in [0.2, 0.25) is 5.91 Å². The minimum Gasteiger partial charge on any atom is -0.389 e. The molecule has 0 aromatic heterocycles. The lowest BCUT2D eigenvalue weighted by molar-refractivity contribution is -0.140. The third-order valence-electron chi connectivity index (χ3n) is 7.35. The molecule has 0 bridgehead atoms. The molecular formula is C27H30F4N2O3. The molecule has 9 heteroatoms. The molecule has 4 rings (SSSR count). The lowest BCUT2D eigenvalue weighted by Gasteiger charge is -2.43. The van der Waals surface area contributed by atoms with Gasteiger partial charge in [-0.3, -0.25) is 4.79 Å². The van der Waals surface area contributed by atoms with Crippen LogP contribution in [-0.4, -0.2) is 70.3 Å². The third-order valence-corrected chi connectivity index (χ3v) is 7.35. The molecule has 2 saturated heterocycles. The number of carbonyl (C=O) groups is 1. The largest absolute Gasteiger partial charge is 0.389 e. The van der Waals surface area contributed by atoms with Crippen molar-refractivity contribution in [2.75, 3.05) is 32.7 Å². The number of likely N-dealkylation sites (tertiary alicyclic amines) is 2. The van der Waals surface area contributed by atoms with Crippen LogP contribution in [0.15, 0.2) is 42.5 Å². The van der Waals surface area contributed by atoms with Crippen LogP contribution in [0, 0.1) is 23.3 Å². The number of hydrogen-bond donors (Lipinski definition) is 2. The van der Waals surface area contributed by atoms with Gasteiger partial charge < -0.3 is 20.0 Å². The summed E-state index contributed by atoms with van der Waals surface area (Å²) in [7, 11) is 0. The van der Waals surface area contributed by atoms with Gasteiger partial charge in [-0.25, -0.2) is 17.6 Å². The first kappa shape index (κ1) is 26.3. The number of aliphatic hydroxyl groups is 2. The fraction of sp³-hybridized carbons (Fsp3) is 0.444. The molecule has 2 aromatic rings. The number of hydrogen-bond acceptors (Lipinski definition) is 4. The van der Waals surface area contributed by atoms with Crippen molar-refractivity contribution in [2.24, 2.45) is 0 Å². The molecule has 2 aliphatic rings. The summed E-state index contributed by atoms with van der Waals surface area (Å²) in [5.41, 5.74) is -0.194.